The monoisotopic (exact) mass is 498 g/mol. The Hall–Kier alpha value is -3.23. The van der Waals surface area contributed by atoms with Crippen molar-refractivity contribution in [3.8, 4) is 28.5 Å². The van der Waals surface area contributed by atoms with Gasteiger partial charge in [0, 0.05) is 53.6 Å². The van der Waals surface area contributed by atoms with Gasteiger partial charge in [-0.1, -0.05) is 0 Å². The minimum absolute atomic E-state index is 0.0481. The zero-order valence-electron chi connectivity index (χ0n) is 19.2. The molecule has 2 unspecified atom stereocenters. The number of rotatable bonds is 8. The molecule has 0 saturated carbocycles. The molecule has 184 valence electrons. The van der Waals surface area contributed by atoms with Crippen LogP contribution in [-0.4, -0.2) is 72.0 Å². The average Bonchev–Trinajstić information content (AvgIpc) is 3.51. The van der Waals surface area contributed by atoms with Crippen LogP contribution in [0.2, 0.25) is 0 Å². The van der Waals surface area contributed by atoms with Gasteiger partial charge in [-0.3, -0.25) is 14.2 Å². The van der Waals surface area contributed by atoms with Crippen LogP contribution >= 0.6 is 0 Å². The van der Waals surface area contributed by atoms with Gasteiger partial charge < -0.3 is 18.4 Å². The smallest absolute Gasteiger partial charge is 0.248 e. The largest absolute Gasteiger partial charge is 0.760 e. The van der Waals surface area contributed by atoms with Crippen LogP contribution in [0.25, 0.3) is 33.5 Å². The maximum atomic E-state index is 11.0. The molecule has 0 aliphatic carbocycles. The predicted molar refractivity (Wildman–Crippen MR) is 126 cm³/mol. The predicted octanol–water partition coefficient (Wildman–Crippen LogP) is 1.79. The molecule has 2 N–H and O–H groups in total. The third-order valence-electron chi connectivity index (χ3n) is 5.77. The molecule has 0 bridgehead atoms. The second-order valence-corrected chi connectivity index (χ2v) is 8.98. The van der Waals surface area contributed by atoms with E-state index in [2.05, 4.69) is 35.0 Å². The summed E-state index contributed by atoms with van der Waals surface area (Å²) >= 11 is -2.41. The Balaban J connectivity index is 1.48. The summed E-state index contributed by atoms with van der Waals surface area (Å²) in [4.78, 5) is 6.57. The van der Waals surface area contributed by atoms with E-state index in [0.29, 0.717) is 36.4 Å². The van der Waals surface area contributed by atoms with Crippen molar-refractivity contribution in [1.82, 2.24) is 35.0 Å². The molecule has 5 rings (SSSR count). The van der Waals surface area contributed by atoms with E-state index in [9.17, 15) is 8.76 Å². The Bertz CT molecular complexity index is 1360. The van der Waals surface area contributed by atoms with Crippen molar-refractivity contribution in [3.63, 3.8) is 0 Å². The van der Waals surface area contributed by atoms with Gasteiger partial charge in [-0.15, -0.1) is 10.2 Å². The summed E-state index contributed by atoms with van der Waals surface area (Å²) in [5, 5.41) is 16.6. The Morgan fingerprint density at radius 2 is 2.17 bits per heavy atom. The Morgan fingerprint density at radius 3 is 2.97 bits per heavy atom. The van der Waals surface area contributed by atoms with E-state index in [1.54, 1.807) is 12.4 Å². The highest BCUT2D eigenvalue weighted by atomic mass is 32.2. The van der Waals surface area contributed by atoms with E-state index in [-0.39, 0.29) is 12.6 Å². The molecule has 4 heterocycles. The standard InChI is InChI=1S/C22H25N7O5S/c1-13-11-29(3-4-33-13)12-20-27-28-22(34-20)17-6-14(7-19-18(17)10-24-26-19)15-5-16(9-25-35(30)31)21(32-2)23-8-15/h5-8,10,13,25H,3-4,9,11-12H2,1-2H3,(H,24,26)(H,30,31)/p-1. The lowest BCUT2D eigenvalue weighted by molar-refractivity contribution is -0.0235. The van der Waals surface area contributed by atoms with Crippen LogP contribution in [0.1, 0.15) is 18.4 Å². The molecule has 1 aromatic carbocycles. The fraction of sp³-hybridized carbons (Fsp3) is 0.364. The van der Waals surface area contributed by atoms with Crippen LogP contribution in [0.3, 0.4) is 0 Å². The average molecular weight is 499 g/mol. The molecule has 4 aromatic rings. The van der Waals surface area contributed by atoms with Crippen molar-refractivity contribution in [1.29, 1.82) is 0 Å². The summed E-state index contributed by atoms with van der Waals surface area (Å²) in [5.74, 6) is 1.26. The van der Waals surface area contributed by atoms with Crippen molar-refractivity contribution in [2.24, 2.45) is 0 Å². The van der Waals surface area contributed by atoms with Gasteiger partial charge in [0.1, 0.15) is 0 Å². The number of nitrogens with zero attached hydrogens (tertiary/aromatic N) is 5. The second-order valence-electron chi connectivity index (χ2n) is 8.22. The van der Waals surface area contributed by atoms with Gasteiger partial charge in [-0.25, -0.2) is 9.71 Å². The summed E-state index contributed by atoms with van der Waals surface area (Å²) in [6, 6.07) is 5.69. The molecule has 1 saturated heterocycles. The first-order chi connectivity index (χ1) is 17.0. The molecule has 1 aliphatic rings. The number of fused-ring (bicyclic) bond motifs is 1. The fourth-order valence-corrected chi connectivity index (χ4v) is 4.42. The number of nitrogens with one attached hydrogen (secondary N) is 2. The Labute approximate surface area is 203 Å². The summed E-state index contributed by atoms with van der Waals surface area (Å²) in [6.45, 7) is 4.94. The normalized spacial score (nSPS) is 17.6. The summed E-state index contributed by atoms with van der Waals surface area (Å²) < 4.78 is 41.2. The van der Waals surface area contributed by atoms with Gasteiger partial charge in [-0.05, 0) is 30.7 Å². The molecule has 13 heteroatoms. The molecule has 0 radical (unpaired) electrons. The Morgan fingerprint density at radius 1 is 1.29 bits per heavy atom. The van der Waals surface area contributed by atoms with E-state index in [0.717, 1.165) is 40.7 Å². The number of ether oxygens (including phenoxy) is 2. The SMILES string of the molecule is COc1ncc(-c2cc(-c3nnc(CN4CCOC(C)C4)o3)c3cn[nH]c3c2)cc1CNS(=O)[O-]. The Kier molecular flexibility index (Phi) is 6.83. The molecule has 0 amide bonds. The number of methoxy groups -OCH3 is 1. The van der Waals surface area contributed by atoms with Crippen molar-refractivity contribution in [3.05, 3.63) is 42.0 Å². The van der Waals surface area contributed by atoms with Crippen LogP contribution in [-0.2, 0) is 29.1 Å². The van der Waals surface area contributed by atoms with E-state index in [1.165, 1.54) is 7.11 Å². The maximum absolute atomic E-state index is 11.0. The van der Waals surface area contributed by atoms with Crippen LogP contribution < -0.4 is 9.46 Å². The highest BCUT2D eigenvalue weighted by Gasteiger charge is 2.21. The zero-order valence-corrected chi connectivity index (χ0v) is 20.0. The van der Waals surface area contributed by atoms with Gasteiger partial charge >= 0.3 is 0 Å². The van der Waals surface area contributed by atoms with Crippen LogP contribution in [0.15, 0.2) is 35.0 Å². The molecular formula is C22H24N7O5S-. The first-order valence-corrected chi connectivity index (χ1v) is 12.1. The summed E-state index contributed by atoms with van der Waals surface area (Å²) in [7, 11) is 1.49. The minimum atomic E-state index is -2.41. The highest BCUT2D eigenvalue weighted by Crippen LogP contribution is 2.34. The first-order valence-electron chi connectivity index (χ1n) is 11.0. The van der Waals surface area contributed by atoms with Crippen molar-refractivity contribution in [2.45, 2.75) is 26.1 Å². The van der Waals surface area contributed by atoms with Gasteiger partial charge in [0.25, 0.3) is 0 Å². The number of aromatic amines is 1. The minimum Gasteiger partial charge on any atom is -0.760 e. The zero-order chi connectivity index (χ0) is 24.4. The third kappa shape index (κ3) is 5.23. The van der Waals surface area contributed by atoms with Crippen LogP contribution in [0.5, 0.6) is 5.88 Å². The number of aromatic nitrogens is 5. The topological polar surface area (TPSA) is 154 Å². The summed E-state index contributed by atoms with van der Waals surface area (Å²) in [6.07, 6.45) is 3.55. The molecule has 1 fully saturated rings. The van der Waals surface area contributed by atoms with Crippen LogP contribution in [0, 0.1) is 0 Å². The van der Waals surface area contributed by atoms with Gasteiger partial charge in [-0.2, -0.15) is 5.10 Å². The molecule has 2 atom stereocenters. The van der Waals surface area contributed by atoms with Crippen LogP contribution in [0.4, 0.5) is 0 Å². The quantitative estimate of drug-likeness (QED) is 0.344. The number of hydrogen-bond donors (Lipinski definition) is 2. The molecule has 3 aromatic heterocycles. The number of benzene rings is 1. The van der Waals surface area contributed by atoms with Gasteiger partial charge in [0.2, 0.25) is 17.7 Å². The molecular weight excluding hydrogens is 474 g/mol. The van der Waals surface area contributed by atoms with Crippen molar-refractivity contribution < 1.29 is 22.7 Å². The molecule has 1 aliphatic heterocycles. The summed E-state index contributed by atoms with van der Waals surface area (Å²) in [5.41, 5.74) is 3.70. The maximum Gasteiger partial charge on any atom is 0.248 e. The van der Waals surface area contributed by atoms with Gasteiger partial charge in [0.15, 0.2) is 0 Å². The van der Waals surface area contributed by atoms with E-state index in [1.807, 2.05) is 25.1 Å². The lowest BCUT2D eigenvalue weighted by Gasteiger charge is -2.29. The third-order valence-corrected chi connectivity index (χ3v) is 6.15. The lowest BCUT2D eigenvalue weighted by atomic mass is 10.0. The van der Waals surface area contributed by atoms with E-state index in [4.69, 9.17) is 13.9 Å². The second kappa shape index (κ2) is 10.2. The van der Waals surface area contributed by atoms with E-state index < -0.39 is 11.3 Å². The fourth-order valence-electron chi connectivity index (χ4n) is 4.15. The number of pyridine rings is 1. The first kappa shape index (κ1) is 23.5. The number of morpholine rings is 1. The van der Waals surface area contributed by atoms with Gasteiger partial charge in [0.05, 0.1) is 43.6 Å². The number of H-pyrrole nitrogens is 1. The highest BCUT2D eigenvalue weighted by molar-refractivity contribution is 7.77. The van der Waals surface area contributed by atoms with Crippen molar-refractivity contribution >= 4 is 22.2 Å². The van der Waals surface area contributed by atoms with Crippen molar-refractivity contribution in [2.75, 3.05) is 26.8 Å². The lowest BCUT2D eigenvalue weighted by Crippen LogP contribution is -2.40. The molecule has 12 nitrogen and oxygen atoms in total. The molecule has 0 spiro atoms. The molecule has 35 heavy (non-hydrogen) atoms. The van der Waals surface area contributed by atoms with E-state index >= 15 is 0 Å². The number of hydrogen-bond acceptors (Lipinski definition) is 10.